The lowest BCUT2D eigenvalue weighted by Crippen LogP contribution is -2.03. The number of methoxy groups -OCH3 is 1. The van der Waals surface area contributed by atoms with Crippen LogP contribution < -0.4 is 14.9 Å². The molecule has 0 bridgehead atoms. The number of fused-ring (bicyclic) bond motifs is 2. The Morgan fingerprint density at radius 1 is 0.931 bits per heavy atom. The second kappa shape index (κ2) is 7.78. The summed E-state index contributed by atoms with van der Waals surface area (Å²) in [5.41, 5.74) is 1.59. The Bertz CT molecular complexity index is 1360. The first-order chi connectivity index (χ1) is 14.0. The van der Waals surface area contributed by atoms with Crippen LogP contribution in [0.15, 0.2) is 65.5 Å². The van der Waals surface area contributed by atoms with Gasteiger partial charge in [-0.1, -0.05) is 17.9 Å². The fourth-order valence-electron chi connectivity index (χ4n) is 3.03. The Morgan fingerprint density at radius 2 is 1.66 bits per heavy atom. The molecule has 4 rings (SSSR count). The van der Waals surface area contributed by atoms with Crippen molar-refractivity contribution < 1.29 is 14.3 Å². The van der Waals surface area contributed by atoms with E-state index in [9.17, 15) is 9.59 Å². The Hall–Kier alpha value is -3.62. The number of rotatable bonds is 2. The molecular formula is C24H16O4S. The average molecular weight is 400 g/mol. The Labute approximate surface area is 171 Å². The third kappa shape index (κ3) is 3.84. The van der Waals surface area contributed by atoms with Crippen molar-refractivity contribution in [3.8, 4) is 23.3 Å². The van der Waals surface area contributed by atoms with E-state index in [1.54, 1.807) is 48.8 Å². The third-order valence-corrected chi connectivity index (χ3v) is 5.47. The zero-order valence-electron chi connectivity index (χ0n) is 15.8. The quantitative estimate of drug-likeness (QED) is 0.211. The summed E-state index contributed by atoms with van der Waals surface area (Å²) >= 11 is 1.54. The van der Waals surface area contributed by atoms with Crippen molar-refractivity contribution in [3.05, 3.63) is 82.0 Å². The maximum absolute atomic E-state index is 12.9. The molecule has 0 radical (unpaired) electrons. The van der Waals surface area contributed by atoms with Crippen molar-refractivity contribution in [2.45, 2.75) is 6.92 Å². The maximum Gasteiger partial charge on any atom is 0.308 e. The van der Waals surface area contributed by atoms with Crippen molar-refractivity contribution >= 4 is 37.5 Å². The number of carbonyl (C=O) groups excluding carboxylic acids is 1. The molecule has 0 atom stereocenters. The monoisotopic (exact) mass is 400 g/mol. The lowest BCUT2D eigenvalue weighted by molar-refractivity contribution is -0.131. The van der Waals surface area contributed by atoms with Gasteiger partial charge in [-0.2, -0.15) is 0 Å². The van der Waals surface area contributed by atoms with Crippen LogP contribution in [0.3, 0.4) is 0 Å². The summed E-state index contributed by atoms with van der Waals surface area (Å²) < 4.78 is 12.1. The summed E-state index contributed by atoms with van der Waals surface area (Å²) in [6.45, 7) is 1.36. The molecule has 0 saturated heterocycles. The van der Waals surface area contributed by atoms with E-state index in [1.165, 1.54) is 6.92 Å². The van der Waals surface area contributed by atoms with Gasteiger partial charge in [0.1, 0.15) is 11.5 Å². The minimum atomic E-state index is -0.357. The number of hydrogen-bond donors (Lipinski definition) is 0. The van der Waals surface area contributed by atoms with Gasteiger partial charge in [-0.25, -0.2) is 0 Å². The van der Waals surface area contributed by atoms with Crippen LogP contribution in [-0.4, -0.2) is 13.1 Å². The zero-order valence-corrected chi connectivity index (χ0v) is 16.6. The molecule has 0 fully saturated rings. The van der Waals surface area contributed by atoms with Gasteiger partial charge in [0.05, 0.1) is 12.5 Å². The van der Waals surface area contributed by atoms with E-state index >= 15 is 0 Å². The molecule has 4 aromatic rings. The lowest BCUT2D eigenvalue weighted by Gasteiger charge is -2.06. The zero-order chi connectivity index (χ0) is 20.4. The number of benzene rings is 3. The summed E-state index contributed by atoms with van der Waals surface area (Å²) in [4.78, 5) is 23.9. The van der Waals surface area contributed by atoms with Crippen LogP contribution in [0.2, 0.25) is 0 Å². The Balaban J connectivity index is 1.72. The summed E-state index contributed by atoms with van der Waals surface area (Å²) in [7, 11) is 1.57. The molecule has 1 aromatic heterocycles. The molecular weight excluding hydrogens is 384 g/mol. The van der Waals surface area contributed by atoms with Crippen molar-refractivity contribution in [2.75, 3.05) is 7.11 Å². The number of hydrogen-bond acceptors (Lipinski definition) is 5. The molecule has 0 aliphatic carbocycles. The number of esters is 1. The van der Waals surface area contributed by atoms with Crippen LogP contribution in [0.1, 0.15) is 18.1 Å². The van der Waals surface area contributed by atoms with Gasteiger partial charge in [0.2, 0.25) is 0 Å². The lowest BCUT2D eigenvalue weighted by atomic mass is 10.1. The Kier molecular flexibility index (Phi) is 5.03. The van der Waals surface area contributed by atoms with Gasteiger partial charge in [-0.15, -0.1) is 11.3 Å². The predicted octanol–water partition coefficient (Wildman–Crippen LogP) is 4.75. The van der Waals surface area contributed by atoms with Crippen molar-refractivity contribution in [1.29, 1.82) is 0 Å². The smallest absolute Gasteiger partial charge is 0.308 e. The van der Waals surface area contributed by atoms with Gasteiger partial charge >= 0.3 is 5.97 Å². The van der Waals surface area contributed by atoms with Crippen LogP contribution in [-0.2, 0) is 4.79 Å². The molecule has 0 spiro atoms. The van der Waals surface area contributed by atoms with Gasteiger partial charge in [0, 0.05) is 32.8 Å². The second-order valence-electron chi connectivity index (χ2n) is 6.34. The van der Waals surface area contributed by atoms with Crippen LogP contribution in [0, 0.1) is 11.8 Å². The molecule has 0 amide bonds. The molecule has 4 nitrogen and oxygen atoms in total. The van der Waals surface area contributed by atoms with Gasteiger partial charge < -0.3 is 9.47 Å². The topological polar surface area (TPSA) is 52.6 Å². The molecule has 0 aliphatic rings. The minimum absolute atomic E-state index is 0.0354. The highest BCUT2D eigenvalue weighted by molar-refractivity contribution is 7.24. The van der Waals surface area contributed by atoms with Gasteiger partial charge in [-0.3, -0.25) is 9.59 Å². The predicted molar refractivity (Wildman–Crippen MR) is 116 cm³/mol. The van der Waals surface area contributed by atoms with Crippen molar-refractivity contribution in [2.24, 2.45) is 0 Å². The molecule has 0 aliphatic heterocycles. The van der Waals surface area contributed by atoms with E-state index in [0.29, 0.717) is 22.3 Å². The molecule has 142 valence electrons. The van der Waals surface area contributed by atoms with E-state index in [2.05, 4.69) is 11.8 Å². The van der Waals surface area contributed by atoms with E-state index in [1.807, 2.05) is 30.3 Å². The van der Waals surface area contributed by atoms with Crippen LogP contribution in [0.25, 0.3) is 20.2 Å². The average Bonchev–Trinajstić information content (AvgIpc) is 2.72. The van der Waals surface area contributed by atoms with Gasteiger partial charge in [-0.05, 0) is 54.6 Å². The molecule has 3 aromatic carbocycles. The largest absolute Gasteiger partial charge is 0.496 e. The summed E-state index contributed by atoms with van der Waals surface area (Å²) in [5.74, 6) is 6.94. The van der Waals surface area contributed by atoms with E-state index in [0.717, 1.165) is 20.5 Å². The summed E-state index contributed by atoms with van der Waals surface area (Å²) in [6, 6.07) is 18.2. The summed E-state index contributed by atoms with van der Waals surface area (Å²) in [5, 5.41) is 1.27. The summed E-state index contributed by atoms with van der Waals surface area (Å²) in [6.07, 6.45) is 0. The van der Waals surface area contributed by atoms with Crippen molar-refractivity contribution in [3.63, 3.8) is 0 Å². The van der Waals surface area contributed by atoms with Crippen LogP contribution in [0.5, 0.6) is 11.5 Å². The molecule has 0 saturated carbocycles. The standard InChI is InChI=1S/C24H16O4S/c1-15(25)28-18-11-8-16(9-12-18)6-7-17-10-13-19-22(14-17)29-21-5-3-4-20(27-2)23(21)24(19)26/h3-5,8-14H,1-2H3. The highest BCUT2D eigenvalue weighted by Crippen LogP contribution is 2.30. The first-order valence-electron chi connectivity index (χ1n) is 8.89. The molecule has 0 unspecified atom stereocenters. The fraction of sp³-hybridized carbons (Fsp3) is 0.0833. The molecule has 1 heterocycles. The van der Waals surface area contributed by atoms with E-state index in [4.69, 9.17) is 9.47 Å². The first-order valence-corrected chi connectivity index (χ1v) is 9.71. The van der Waals surface area contributed by atoms with E-state index in [-0.39, 0.29) is 11.4 Å². The highest BCUT2D eigenvalue weighted by atomic mass is 32.1. The second-order valence-corrected chi connectivity index (χ2v) is 7.43. The van der Waals surface area contributed by atoms with E-state index < -0.39 is 0 Å². The van der Waals surface area contributed by atoms with Gasteiger partial charge in [0.25, 0.3) is 0 Å². The molecule has 5 heteroatoms. The fourth-order valence-corrected chi connectivity index (χ4v) is 4.17. The normalized spacial score (nSPS) is 10.4. The molecule has 0 N–H and O–H groups in total. The highest BCUT2D eigenvalue weighted by Gasteiger charge is 2.10. The number of carbonyl (C=O) groups is 1. The van der Waals surface area contributed by atoms with Gasteiger partial charge in [0.15, 0.2) is 5.43 Å². The SMILES string of the molecule is COc1cccc2sc3cc(C#Cc4ccc(OC(C)=O)cc4)ccc3c(=O)c12. The third-order valence-electron chi connectivity index (χ3n) is 4.35. The van der Waals surface area contributed by atoms with Crippen LogP contribution >= 0.6 is 11.3 Å². The Morgan fingerprint density at radius 3 is 2.38 bits per heavy atom. The minimum Gasteiger partial charge on any atom is -0.496 e. The number of ether oxygens (including phenoxy) is 2. The maximum atomic E-state index is 12.9. The van der Waals surface area contributed by atoms with Crippen molar-refractivity contribution in [1.82, 2.24) is 0 Å². The first kappa shape index (κ1) is 18.7. The molecule has 29 heavy (non-hydrogen) atoms. The van der Waals surface area contributed by atoms with Crippen LogP contribution in [0.4, 0.5) is 0 Å².